The minimum absolute atomic E-state index is 0.364. The number of carboxylic acid groups (broad SMARTS) is 1. The summed E-state index contributed by atoms with van der Waals surface area (Å²) in [4.78, 5) is 11.1. The predicted molar refractivity (Wildman–Crippen MR) is 59.5 cm³/mol. The maximum absolute atomic E-state index is 11.1. The van der Waals surface area contributed by atoms with Crippen molar-refractivity contribution in [2.24, 2.45) is 0 Å². The van der Waals surface area contributed by atoms with Gasteiger partial charge in [0.05, 0.1) is 7.11 Å². The molecule has 0 aliphatic heterocycles. The van der Waals surface area contributed by atoms with Crippen LogP contribution in [-0.2, 0) is 4.79 Å². The number of ether oxygens (including phenoxy) is 1. The summed E-state index contributed by atoms with van der Waals surface area (Å²) in [5.41, 5.74) is 0.764. The first kappa shape index (κ1) is 11.0. The molecule has 1 aromatic rings. The lowest BCUT2D eigenvalue weighted by atomic mass is 10.1. The molecule has 2 N–H and O–H groups in total. The van der Waals surface area contributed by atoms with E-state index < -0.39 is 12.0 Å². The summed E-state index contributed by atoms with van der Waals surface area (Å²) in [6, 6.07) is 6.88. The molecule has 0 radical (unpaired) electrons. The largest absolute Gasteiger partial charge is 0.497 e. The molecule has 4 heteroatoms. The SMILES string of the molecule is COc1ccc(C(NC2CC2)C(=O)O)cc1. The summed E-state index contributed by atoms with van der Waals surface area (Å²) in [5.74, 6) is -0.101. The Labute approximate surface area is 94.2 Å². The van der Waals surface area contributed by atoms with Gasteiger partial charge < -0.3 is 9.84 Å². The third-order valence-corrected chi connectivity index (χ3v) is 2.68. The Kier molecular flexibility index (Phi) is 3.10. The molecule has 1 aliphatic rings. The molecule has 1 fully saturated rings. The van der Waals surface area contributed by atoms with Crippen LogP contribution in [0.3, 0.4) is 0 Å². The van der Waals surface area contributed by atoms with Crippen molar-refractivity contribution in [2.75, 3.05) is 7.11 Å². The Morgan fingerprint density at radius 2 is 2.06 bits per heavy atom. The van der Waals surface area contributed by atoms with E-state index >= 15 is 0 Å². The minimum Gasteiger partial charge on any atom is -0.497 e. The van der Waals surface area contributed by atoms with Gasteiger partial charge in [-0.05, 0) is 30.5 Å². The van der Waals surface area contributed by atoms with Crippen LogP contribution >= 0.6 is 0 Å². The predicted octanol–water partition coefficient (Wildman–Crippen LogP) is 1.57. The normalized spacial score (nSPS) is 16.8. The zero-order valence-corrected chi connectivity index (χ0v) is 9.14. The van der Waals surface area contributed by atoms with Gasteiger partial charge in [-0.2, -0.15) is 0 Å². The Balaban J connectivity index is 2.13. The second-order valence-electron chi connectivity index (χ2n) is 3.99. The summed E-state index contributed by atoms with van der Waals surface area (Å²) < 4.78 is 5.03. The number of methoxy groups -OCH3 is 1. The van der Waals surface area contributed by atoms with E-state index in [0.29, 0.717) is 6.04 Å². The molecule has 0 saturated heterocycles. The van der Waals surface area contributed by atoms with E-state index in [1.54, 1.807) is 31.4 Å². The number of carbonyl (C=O) groups is 1. The average Bonchev–Trinajstić information content (AvgIpc) is 3.09. The molecule has 1 aliphatic carbocycles. The summed E-state index contributed by atoms with van der Waals surface area (Å²) in [5, 5.41) is 12.2. The maximum Gasteiger partial charge on any atom is 0.325 e. The highest BCUT2D eigenvalue weighted by Gasteiger charge is 2.29. The molecule has 1 atom stereocenters. The van der Waals surface area contributed by atoms with Crippen molar-refractivity contribution in [2.45, 2.75) is 24.9 Å². The summed E-state index contributed by atoms with van der Waals surface area (Å²) in [6.45, 7) is 0. The molecule has 1 saturated carbocycles. The standard InChI is InChI=1S/C12H15NO3/c1-16-10-6-2-8(3-7-10)11(12(14)15)13-9-4-5-9/h2-3,6-7,9,11,13H,4-5H2,1H3,(H,14,15). The van der Waals surface area contributed by atoms with Crippen molar-refractivity contribution in [1.29, 1.82) is 0 Å². The molecule has 16 heavy (non-hydrogen) atoms. The number of rotatable bonds is 5. The fourth-order valence-electron chi connectivity index (χ4n) is 1.59. The first-order chi connectivity index (χ1) is 7.70. The van der Waals surface area contributed by atoms with Crippen LogP contribution in [0.15, 0.2) is 24.3 Å². The molecule has 0 amide bonds. The van der Waals surface area contributed by atoms with Gasteiger partial charge in [-0.15, -0.1) is 0 Å². The van der Waals surface area contributed by atoms with Crippen molar-refractivity contribution in [1.82, 2.24) is 5.32 Å². The minimum atomic E-state index is -0.836. The molecule has 0 bridgehead atoms. The fraction of sp³-hybridized carbons (Fsp3) is 0.417. The van der Waals surface area contributed by atoms with Gasteiger partial charge in [0.2, 0.25) is 0 Å². The Hall–Kier alpha value is -1.55. The third-order valence-electron chi connectivity index (χ3n) is 2.68. The van der Waals surface area contributed by atoms with Crippen LogP contribution < -0.4 is 10.1 Å². The second kappa shape index (κ2) is 4.53. The molecule has 2 rings (SSSR count). The highest BCUT2D eigenvalue weighted by atomic mass is 16.5. The molecule has 0 heterocycles. The van der Waals surface area contributed by atoms with Gasteiger partial charge in [0.25, 0.3) is 0 Å². The number of carboxylic acids is 1. The van der Waals surface area contributed by atoms with Crippen LogP contribution in [0, 0.1) is 0 Å². The quantitative estimate of drug-likeness (QED) is 0.792. The third kappa shape index (κ3) is 2.52. The smallest absolute Gasteiger partial charge is 0.325 e. The van der Waals surface area contributed by atoms with E-state index in [-0.39, 0.29) is 0 Å². The van der Waals surface area contributed by atoms with Crippen LogP contribution in [-0.4, -0.2) is 24.2 Å². The Morgan fingerprint density at radius 3 is 2.50 bits per heavy atom. The van der Waals surface area contributed by atoms with Gasteiger partial charge in [0, 0.05) is 6.04 Å². The van der Waals surface area contributed by atoms with Gasteiger partial charge in [-0.1, -0.05) is 12.1 Å². The van der Waals surface area contributed by atoms with Crippen LogP contribution in [0.2, 0.25) is 0 Å². The molecule has 0 aromatic heterocycles. The van der Waals surface area contributed by atoms with Gasteiger partial charge in [0.15, 0.2) is 0 Å². The van der Waals surface area contributed by atoms with E-state index in [1.165, 1.54) is 0 Å². The molecule has 0 spiro atoms. The van der Waals surface area contributed by atoms with E-state index in [2.05, 4.69) is 5.32 Å². The number of hydrogen-bond acceptors (Lipinski definition) is 3. The zero-order chi connectivity index (χ0) is 11.5. The molecular formula is C12H15NO3. The van der Waals surface area contributed by atoms with Crippen molar-refractivity contribution in [3.63, 3.8) is 0 Å². The van der Waals surface area contributed by atoms with Crippen LogP contribution in [0.5, 0.6) is 5.75 Å². The van der Waals surface area contributed by atoms with Crippen LogP contribution in [0.25, 0.3) is 0 Å². The van der Waals surface area contributed by atoms with E-state index in [4.69, 9.17) is 9.84 Å². The Bertz CT molecular complexity index is 370. The summed E-state index contributed by atoms with van der Waals surface area (Å²) in [7, 11) is 1.59. The molecule has 4 nitrogen and oxygen atoms in total. The van der Waals surface area contributed by atoms with Gasteiger partial charge >= 0.3 is 5.97 Å². The number of benzene rings is 1. The van der Waals surface area contributed by atoms with Gasteiger partial charge in [0.1, 0.15) is 11.8 Å². The van der Waals surface area contributed by atoms with E-state index in [0.717, 1.165) is 24.2 Å². The topological polar surface area (TPSA) is 58.6 Å². The van der Waals surface area contributed by atoms with E-state index in [1.807, 2.05) is 0 Å². The highest BCUT2D eigenvalue weighted by molar-refractivity contribution is 5.75. The lowest BCUT2D eigenvalue weighted by Gasteiger charge is -2.14. The summed E-state index contributed by atoms with van der Waals surface area (Å²) in [6.07, 6.45) is 2.14. The van der Waals surface area contributed by atoms with Crippen molar-refractivity contribution in [3.05, 3.63) is 29.8 Å². The van der Waals surface area contributed by atoms with E-state index in [9.17, 15) is 4.79 Å². The fourth-order valence-corrected chi connectivity index (χ4v) is 1.59. The number of nitrogens with one attached hydrogen (secondary N) is 1. The van der Waals surface area contributed by atoms with Crippen molar-refractivity contribution >= 4 is 5.97 Å². The lowest BCUT2D eigenvalue weighted by molar-refractivity contribution is -0.139. The lowest BCUT2D eigenvalue weighted by Crippen LogP contribution is -2.30. The van der Waals surface area contributed by atoms with Gasteiger partial charge in [-0.25, -0.2) is 0 Å². The second-order valence-corrected chi connectivity index (χ2v) is 3.99. The van der Waals surface area contributed by atoms with Gasteiger partial charge in [-0.3, -0.25) is 10.1 Å². The van der Waals surface area contributed by atoms with Crippen LogP contribution in [0.4, 0.5) is 0 Å². The highest BCUT2D eigenvalue weighted by Crippen LogP contribution is 2.25. The maximum atomic E-state index is 11.1. The molecule has 1 unspecified atom stereocenters. The summed E-state index contributed by atoms with van der Waals surface area (Å²) >= 11 is 0. The monoisotopic (exact) mass is 221 g/mol. The average molecular weight is 221 g/mol. The number of hydrogen-bond donors (Lipinski definition) is 2. The first-order valence-electron chi connectivity index (χ1n) is 5.33. The van der Waals surface area contributed by atoms with Crippen molar-refractivity contribution in [3.8, 4) is 5.75 Å². The molecule has 86 valence electrons. The molecule has 1 aromatic carbocycles. The first-order valence-corrected chi connectivity index (χ1v) is 5.33. The zero-order valence-electron chi connectivity index (χ0n) is 9.14. The van der Waals surface area contributed by atoms with Crippen LogP contribution in [0.1, 0.15) is 24.4 Å². The van der Waals surface area contributed by atoms with Crippen molar-refractivity contribution < 1.29 is 14.6 Å². The Morgan fingerprint density at radius 1 is 1.44 bits per heavy atom. The number of aliphatic carboxylic acids is 1. The molecular weight excluding hydrogens is 206 g/mol.